The second-order valence-corrected chi connectivity index (χ2v) is 6.67. The summed E-state index contributed by atoms with van der Waals surface area (Å²) in [4.78, 5) is 24.3. The average molecular weight is 367 g/mol. The summed E-state index contributed by atoms with van der Waals surface area (Å²) in [6, 6.07) is 11.8. The predicted molar refractivity (Wildman–Crippen MR) is 103 cm³/mol. The zero-order chi connectivity index (χ0) is 18.6. The van der Waals surface area contributed by atoms with Gasteiger partial charge in [-0.3, -0.25) is 9.69 Å². The van der Waals surface area contributed by atoms with Crippen molar-refractivity contribution >= 4 is 22.6 Å². The fraction of sp³-hybridized carbons (Fsp3) is 0.300. The zero-order valence-electron chi connectivity index (χ0n) is 15.0. The summed E-state index contributed by atoms with van der Waals surface area (Å²) in [7, 11) is 0. The van der Waals surface area contributed by atoms with E-state index >= 15 is 0 Å². The van der Waals surface area contributed by atoms with E-state index in [1.807, 2.05) is 12.1 Å². The van der Waals surface area contributed by atoms with E-state index in [2.05, 4.69) is 31.2 Å². The maximum Gasteiger partial charge on any atom is 0.251 e. The van der Waals surface area contributed by atoms with Crippen LogP contribution in [0.1, 0.15) is 10.4 Å². The molecular formula is C20H22FN5O. The van der Waals surface area contributed by atoms with E-state index < -0.39 is 0 Å². The highest BCUT2D eigenvalue weighted by Crippen LogP contribution is 2.24. The molecule has 0 atom stereocenters. The van der Waals surface area contributed by atoms with Crippen LogP contribution in [-0.2, 0) is 0 Å². The fourth-order valence-corrected chi connectivity index (χ4v) is 3.45. The monoisotopic (exact) mass is 367 g/mol. The van der Waals surface area contributed by atoms with Crippen molar-refractivity contribution in [3.63, 3.8) is 0 Å². The van der Waals surface area contributed by atoms with Gasteiger partial charge in [0.25, 0.3) is 5.91 Å². The topological polar surface area (TPSA) is 64.3 Å². The first-order valence-corrected chi connectivity index (χ1v) is 9.14. The molecule has 27 heavy (non-hydrogen) atoms. The fourth-order valence-electron chi connectivity index (χ4n) is 3.45. The lowest BCUT2D eigenvalue weighted by molar-refractivity contribution is 0.0947. The normalized spacial score (nSPS) is 15.2. The molecule has 140 valence electrons. The second kappa shape index (κ2) is 7.75. The minimum absolute atomic E-state index is 0.168. The summed E-state index contributed by atoms with van der Waals surface area (Å²) in [5.41, 5.74) is 3.71. The van der Waals surface area contributed by atoms with Crippen molar-refractivity contribution in [1.82, 2.24) is 20.2 Å². The molecular weight excluding hydrogens is 345 g/mol. The first-order valence-electron chi connectivity index (χ1n) is 9.14. The number of nitrogens with one attached hydrogen (secondary N) is 2. The van der Waals surface area contributed by atoms with Crippen LogP contribution >= 0.6 is 0 Å². The van der Waals surface area contributed by atoms with E-state index in [0.717, 1.165) is 49.4 Å². The van der Waals surface area contributed by atoms with Crippen LogP contribution in [0.3, 0.4) is 0 Å². The maximum atomic E-state index is 12.9. The summed E-state index contributed by atoms with van der Waals surface area (Å²) in [5.74, 6) is -0.506. The third kappa shape index (κ3) is 3.93. The standard InChI is InChI=1S/C20H22FN5O/c21-16-6-4-15(5-7-16)20(27)22-8-9-25-10-12-26(13-11-25)18-3-1-2-17-19(18)24-14-23-17/h1-7,14H,8-13H2,(H,22,27)(H,23,24). The number of carbonyl (C=O) groups is 1. The highest BCUT2D eigenvalue weighted by molar-refractivity contribution is 5.94. The Labute approximate surface area is 157 Å². The van der Waals surface area contributed by atoms with Gasteiger partial charge >= 0.3 is 0 Å². The molecule has 1 fully saturated rings. The maximum absolute atomic E-state index is 12.9. The third-order valence-corrected chi connectivity index (χ3v) is 4.96. The third-order valence-electron chi connectivity index (χ3n) is 4.96. The molecule has 1 aromatic heterocycles. The minimum Gasteiger partial charge on any atom is -0.367 e. The number of nitrogens with zero attached hydrogens (tertiary/aromatic N) is 3. The van der Waals surface area contributed by atoms with Gasteiger partial charge in [0.2, 0.25) is 0 Å². The highest BCUT2D eigenvalue weighted by atomic mass is 19.1. The number of aromatic amines is 1. The molecule has 2 heterocycles. The highest BCUT2D eigenvalue weighted by Gasteiger charge is 2.19. The largest absolute Gasteiger partial charge is 0.367 e. The Morgan fingerprint density at radius 2 is 1.89 bits per heavy atom. The van der Waals surface area contributed by atoms with Crippen molar-refractivity contribution in [3.05, 3.63) is 60.2 Å². The average Bonchev–Trinajstić information content (AvgIpc) is 3.18. The number of hydrogen-bond acceptors (Lipinski definition) is 4. The number of fused-ring (bicyclic) bond motifs is 1. The number of anilines is 1. The smallest absolute Gasteiger partial charge is 0.251 e. The molecule has 2 N–H and O–H groups in total. The molecule has 3 aromatic rings. The number of hydrogen-bond donors (Lipinski definition) is 2. The summed E-state index contributed by atoms with van der Waals surface area (Å²) in [5, 5.41) is 2.90. The van der Waals surface area contributed by atoms with E-state index in [-0.39, 0.29) is 11.7 Å². The lowest BCUT2D eigenvalue weighted by Gasteiger charge is -2.36. The number of halogens is 1. The van der Waals surface area contributed by atoms with Crippen LogP contribution in [-0.4, -0.2) is 60.0 Å². The van der Waals surface area contributed by atoms with Gasteiger partial charge in [0.05, 0.1) is 17.5 Å². The number of rotatable bonds is 5. The quantitative estimate of drug-likeness (QED) is 0.726. The van der Waals surface area contributed by atoms with E-state index in [9.17, 15) is 9.18 Å². The number of benzene rings is 2. The Bertz CT molecular complexity index is 916. The number of H-pyrrole nitrogens is 1. The number of carbonyl (C=O) groups excluding carboxylic acids is 1. The molecule has 2 aromatic carbocycles. The summed E-state index contributed by atoms with van der Waals surface area (Å²) >= 11 is 0. The van der Waals surface area contributed by atoms with Gasteiger partial charge in [-0.2, -0.15) is 0 Å². The summed E-state index contributed by atoms with van der Waals surface area (Å²) in [6.07, 6.45) is 1.73. The molecule has 0 aliphatic carbocycles. The Morgan fingerprint density at radius 3 is 2.67 bits per heavy atom. The number of amides is 1. The Hall–Kier alpha value is -2.93. The number of piperazine rings is 1. The number of para-hydroxylation sites is 1. The molecule has 7 heteroatoms. The van der Waals surface area contributed by atoms with Gasteiger partial charge in [0, 0.05) is 44.8 Å². The van der Waals surface area contributed by atoms with Crippen LogP contribution in [0.25, 0.3) is 11.0 Å². The lowest BCUT2D eigenvalue weighted by Crippen LogP contribution is -2.48. The van der Waals surface area contributed by atoms with Gasteiger partial charge in [0.15, 0.2) is 0 Å². The first-order chi connectivity index (χ1) is 13.2. The minimum atomic E-state index is -0.338. The Morgan fingerprint density at radius 1 is 1.11 bits per heavy atom. The van der Waals surface area contributed by atoms with Crippen LogP contribution in [0.2, 0.25) is 0 Å². The van der Waals surface area contributed by atoms with Gasteiger partial charge in [-0.1, -0.05) is 6.07 Å². The van der Waals surface area contributed by atoms with E-state index in [1.54, 1.807) is 6.33 Å². The van der Waals surface area contributed by atoms with Gasteiger partial charge in [-0.15, -0.1) is 0 Å². The van der Waals surface area contributed by atoms with Crippen LogP contribution in [0.4, 0.5) is 10.1 Å². The van der Waals surface area contributed by atoms with Crippen LogP contribution < -0.4 is 10.2 Å². The molecule has 1 saturated heterocycles. The summed E-state index contributed by atoms with van der Waals surface area (Å²) in [6.45, 7) is 5.11. The molecule has 0 radical (unpaired) electrons. The van der Waals surface area contributed by atoms with Crippen molar-refractivity contribution in [1.29, 1.82) is 0 Å². The molecule has 1 aliphatic heterocycles. The van der Waals surface area contributed by atoms with Crippen molar-refractivity contribution in [2.75, 3.05) is 44.2 Å². The molecule has 0 saturated carbocycles. The number of imidazole rings is 1. The Balaban J connectivity index is 1.26. The molecule has 1 aliphatic rings. The van der Waals surface area contributed by atoms with Gasteiger partial charge < -0.3 is 15.2 Å². The van der Waals surface area contributed by atoms with Crippen molar-refractivity contribution in [2.45, 2.75) is 0 Å². The SMILES string of the molecule is O=C(NCCN1CCN(c2cccc3[nH]cnc23)CC1)c1ccc(F)cc1. The van der Waals surface area contributed by atoms with Gasteiger partial charge in [-0.05, 0) is 36.4 Å². The summed E-state index contributed by atoms with van der Waals surface area (Å²) < 4.78 is 12.9. The van der Waals surface area contributed by atoms with Gasteiger partial charge in [0.1, 0.15) is 11.3 Å². The molecule has 4 rings (SSSR count). The van der Waals surface area contributed by atoms with Crippen LogP contribution in [0.5, 0.6) is 0 Å². The molecule has 6 nitrogen and oxygen atoms in total. The molecule has 0 bridgehead atoms. The van der Waals surface area contributed by atoms with E-state index in [4.69, 9.17) is 0 Å². The van der Waals surface area contributed by atoms with Crippen molar-refractivity contribution < 1.29 is 9.18 Å². The molecule has 0 spiro atoms. The van der Waals surface area contributed by atoms with Crippen molar-refractivity contribution in [3.8, 4) is 0 Å². The van der Waals surface area contributed by atoms with Crippen LogP contribution in [0.15, 0.2) is 48.8 Å². The number of aromatic nitrogens is 2. The van der Waals surface area contributed by atoms with Crippen molar-refractivity contribution in [2.24, 2.45) is 0 Å². The lowest BCUT2D eigenvalue weighted by atomic mass is 10.2. The molecule has 1 amide bonds. The predicted octanol–water partition coefficient (Wildman–Crippen LogP) is 2.25. The first kappa shape index (κ1) is 17.5. The Kier molecular flexibility index (Phi) is 5.02. The van der Waals surface area contributed by atoms with Crippen LogP contribution in [0, 0.1) is 5.82 Å². The second-order valence-electron chi connectivity index (χ2n) is 6.67. The van der Waals surface area contributed by atoms with E-state index in [1.165, 1.54) is 24.3 Å². The zero-order valence-corrected chi connectivity index (χ0v) is 15.0. The molecule has 0 unspecified atom stereocenters. The van der Waals surface area contributed by atoms with E-state index in [0.29, 0.717) is 12.1 Å². The van der Waals surface area contributed by atoms with Gasteiger partial charge in [-0.25, -0.2) is 9.37 Å².